The second kappa shape index (κ2) is 9.17. The number of amides is 1. The zero-order valence-corrected chi connectivity index (χ0v) is 20.1. The first-order valence-corrected chi connectivity index (χ1v) is 13.0. The van der Waals surface area contributed by atoms with E-state index in [9.17, 15) is 13.2 Å². The molecule has 0 radical (unpaired) electrons. The van der Waals surface area contributed by atoms with Gasteiger partial charge in [0, 0.05) is 25.7 Å². The van der Waals surface area contributed by atoms with Gasteiger partial charge in [-0.15, -0.1) is 0 Å². The van der Waals surface area contributed by atoms with Crippen molar-refractivity contribution in [1.82, 2.24) is 8.87 Å². The molecule has 0 spiro atoms. The predicted molar refractivity (Wildman–Crippen MR) is 125 cm³/mol. The third kappa shape index (κ3) is 4.51. The number of aromatic nitrogens is 1. The van der Waals surface area contributed by atoms with Crippen LogP contribution < -0.4 is 9.54 Å². The first-order chi connectivity index (χ1) is 15.3. The zero-order valence-electron chi connectivity index (χ0n) is 18.4. The van der Waals surface area contributed by atoms with Gasteiger partial charge in [0.1, 0.15) is 5.75 Å². The highest BCUT2D eigenvalue weighted by molar-refractivity contribution is 7.89. The van der Waals surface area contributed by atoms with Gasteiger partial charge in [0.15, 0.2) is 4.80 Å². The Labute approximate surface area is 192 Å². The summed E-state index contributed by atoms with van der Waals surface area (Å²) >= 11 is 1.41. The molecule has 7 nitrogen and oxygen atoms in total. The van der Waals surface area contributed by atoms with Gasteiger partial charge in [-0.1, -0.05) is 18.3 Å². The summed E-state index contributed by atoms with van der Waals surface area (Å²) in [5.74, 6) is 0.720. The van der Waals surface area contributed by atoms with E-state index in [1.165, 1.54) is 39.9 Å². The molecule has 1 aromatic heterocycles. The normalized spacial score (nSPS) is 18.2. The fraction of sp³-hybridized carbons (Fsp3) is 0.391. The van der Waals surface area contributed by atoms with Crippen molar-refractivity contribution in [2.45, 2.75) is 31.6 Å². The molecular weight excluding hydrogens is 446 g/mol. The van der Waals surface area contributed by atoms with E-state index in [1.54, 1.807) is 0 Å². The fourth-order valence-corrected chi connectivity index (χ4v) is 6.56. The largest absolute Gasteiger partial charge is 0.494 e. The highest BCUT2D eigenvalue weighted by Gasteiger charge is 2.28. The average molecular weight is 474 g/mol. The molecule has 2 heterocycles. The van der Waals surface area contributed by atoms with Crippen molar-refractivity contribution in [1.29, 1.82) is 0 Å². The number of nitrogens with zero attached hydrogens (tertiary/aromatic N) is 3. The van der Waals surface area contributed by atoms with Gasteiger partial charge in [-0.2, -0.15) is 9.30 Å². The number of rotatable bonds is 5. The lowest BCUT2D eigenvalue weighted by molar-refractivity contribution is 0.0998. The molecule has 32 heavy (non-hydrogen) atoms. The van der Waals surface area contributed by atoms with Crippen LogP contribution >= 0.6 is 11.3 Å². The number of thiazole rings is 1. The molecule has 3 aromatic rings. The molecule has 4 rings (SSSR count). The number of benzene rings is 2. The standard InChI is InChI=1S/C23H27N3O4S2/c1-4-30-18-9-12-20-21(14-18)31-23(25(20)3)24-22(27)17-7-10-19(11-8-17)32(28,29)26-13-5-6-16(2)15-26/h7-12,14,16H,4-6,13,15H2,1-3H3/t16-/m0/s1. The quantitative estimate of drug-likeness (QED) is 0.565. The highest BCUT2D eigenvalue weighted by atomic mass is 32.2. The third-order valence-corrected chi connectivity index (χ3v) is 8.62. The van der Waals surface area contributed by atoms with Gasteiger partial charge in [0.25, 0.3) is 5.91 Å². The predicted octanol–water partition coefficient (Wildman–Crippen LogP) is 3.80. The Morgan fingerprint density at radius 3 is 2.66 bits per heavy atom. The molecule has 1 aliphatic rings. The number of hydrogen-bond acceptors (Lipinski definition) is 5. The molecule has 0 bridgehead atoms. The van der Waals surface area contributed by atoms with Crippen LogP contribution in [-0.4, -0.2) is 42.9 Å². The topological polar surface area (TPSA) is 81.0 Å². The summed E-state index contributed by atoms with van der Waals surface area (Å²) in [4.78, 5) is 17.8. The molecule has 170 valence electrons. The van der Waals surface area contributed by atoms with Gasteiger partial charge < -0.3 is 9.30 Å². The molecule has 9 heteroatoms. The maximum atomic E-state index is 12.9. The minimum absolute atomic E-state index is 0.207. The van der Waals surface area contributed by atoms with Crippen LogP contribution in [0.3, 0.4) is 0 Å². The molecule has 2 aromatic carbocycles. The van der Waals surface area contributed by atoms with Crippen LogP contribution in [0.15, 0.2) is 52.4 Å². The molecule has 0 aliphatic carbocycles. The Morgan fingerprint density at radius 1 is 1.22 bits per heavy atom. The third-order valence-electron chi connectivity index (χ3n) is 5.65. The Morgan fingerprint density at radius 2 is 1.97 bits per heavy atom. The van der Waals surface area contributed by atoms with Crippen molar-refractivity contribution >= 4 is 37.5 Å². The van der Waals surface area contributed by atoms with E-state index in [0.717, 1.165) is 28.8 Å². The number of ether oxygens (including phenoxy) is 1. The summed E-state index contributed by atoms with van der Waals surface area (Å²) in [6, 6.07) is 11.8. The monoisotopic (exact) mass is 473 g/mol. The van der Waals surface area contributed by atoms with Gasteiger partial charge in [-0.05, 0) is 68.1 Å². The fourth-order valence-electron chi connectivity index (χ4n) is 3.91. The molecule has 1 amide bonds. The minimum atomic E-state index is -3.55. The summed E-state index contributed by atoms with van der Waals surface area (Å²) in [5, 5.41) is 0. The number of carbonyl (C=O) groups is 1. The summed E-state index contributed by atoms with van der Waals surface area (Å²) in [5.41, 5.74) is 1.31. The Balaban J connectivity index is 1.59. The summed E-state index contributed by atoms with van der Waals surface area (Å²) in [6.07, 6.45) is 1.91. The van der Waals surface area contributed by atoms with E-state index in [4.69, 9.17) is 4.74 Å². The number of hydrogen-bond donors (Lipinski definition) is 0. The van der Waals surface area contributed by atoms with E-state index in [2.05, 4.69) is 11.9 Å². The lowest BCUT2D eigenvalue weighted by Crippen LogP contribution is -2.39. The summed E-state index contributed by atoms with van der Waals surface area (Å²) in [7, 11) is -1.69. The van der Waals surface area contributed by atoms with Gasteiger partial charge in [-0.3, -0.25) is 4.79 Å². The van der Waals surface area contributed by atoms with Gasteiger partial charge >= 0.3 is 0 Å². The van der Waals surface area contributed by atoms with Crippen LogP contribution in [0, 0.1) is 5.92 Å². The van der Waals surface area contributed by atoms with Crippen molar-refractivity contribution in [3.05, 3.63) is 52.8 Å². The molecule has 0 unspecified atom stereocenters. The second-order valence-corrected chi connectivity index (χ2v) is 11.0. The maximum absolute atomic E-state index is 12.9. The van der Waals surface area contributed by atoms with Crippen molar-refractivity contribution in [2.75, 3.05) is 19.7 Å². The molecule has 1 saturated heterocycles. The van der Waals surface area contributed by atoms with Crippen LogP contribution in [0.2, 0.25) is 0 Å². The Kier molecular flexibility index (Phi) is 6.50. The van der Waals surface area contributed by atoms with Crippen LogP contribution in [-0.2, 0) is 17.1 Å². The van der Waals surface area contributed by atoms with E-state index in [-0.39, 0.29) is 4.90 Å². The van der Waals surface area contributed by atoms with Crippen LogP contribution in [0.25, 0.3) is 10.2 Å². The lowest BCUT2D eigenvalue weighted by Gasteiger charge is -2.30. The van der Waals surface area contributed by atoms with Crippen LogP contribution in [0.4, 0.5) is 0 Å². The van der Waals surface area contributed by atoms with Gasteiger partial charge in [0.2, 0.25) is 10.0 Å². The Hall–Kier alpha value is -2.49. The van der Waals surface area contributed by atoms with Gasteiger partial charge in [0.05, 0.1) is 21.7 Å². The SMILES string of the molecule is CCOc1ccc2c(c1)sc(=NC(=O)c1ccc(S(=O)(=O)N3CCC[C@H](C)C3)cc1)n2C. The van der Waals surface area contributed by atoms with E-state index in [0.29, 0.717) is 36.0 Å². The molecule has 1 aliphatic heterocycles. The molecule has 0 saturated carbocycles. The molecule has 0 N–H and O–H groups in total. The number of aryl methyl sites for hydroxylation is 1. The maximum Gasteiger partial charge on any atom is 0.279 e. The number of sulfonamides is 1. The van der Waals surface area contributed by atoms with E-state index in [1.807, 2.05) is 36.7 Å². The van der Waals surface area contributed by atoms with E-state index >= 15 is 0 Å². The van der Waals surface area contributed by atoms with Crippen LogP contribution in [0.5, 0.6) is 5.75 Å². The van der Waals surface area contributed by atoms with Gasteiger partial charge in [-0.25, -0.2) is 8.42 Å². The van der Waals surface area contributed by atoms with E-state index < -0.39 is 15.9 Å². The van der Waals surface area contributed by atoms with Crippen molar-refractivity contribution in [2.24, 2.45) is 18.0 Å². The molecule has 1 atom stereocenters. The number of piperidine rings is 1. The molecular formula is C23H27N3O4S2. The highest BCUT2D eigenvalue weighted by Crippen LogP contribution is 2.25. The second-order valence-electron chi connectivity index (χ2n) is 8.06. The Bertz CT molecular complexity index is 1310. The van der Waals surface area contributed by atoms with Crippen molar-refractivity contribution in [3.8, 4) is 5.75 Å². The van der Waals surface area contributed by atoms with Crippen molar-refractivity contribution in [3.63, 3.8) is 0 Å². The minimum Gasteiger partial charge on any atom is -0.494 e. The first kappa shape index (κ1) is 22.7. The number of fused-ring (bicyclic) bond motifs is 1. The summed E-state index contributed by atoms with van der Waals surface area (Å²) < 4.78 is 35.8. The summed E-state index contributed by atoms with van der Waals surface area (Å²) in [6.45, 7) is 5.65. The first-order valence-electron chi connectivity index (χ1n) is 10.7. The zero-order chi connectivity index (χ0) is 22.9. The van der Waals surface area contributed by atoms with Crippen molar-refractivity contribution < 1.29 is 17.9 Å². The number of carbonyl (C=O) groups excluding carboxylic acids is 1. The smallest absolute Gasteiger partial charge is 0.279 e. The lowest BCUT2D eigenvalue weighted by atomic mass is 10.0. The van der Waals surface area contributed by atoms with Crippen LogP contribution in [0.1, 0.15) is 37.0 Å². The average Bonchev–Trinajstić information content (AvgIpc) is 3.08. The molecule has 1 fully saturated rings.